The first-order chi connectivity index (χ1) is 13.9. The molecular weight excluding hydrogens is 344 g/mol. The van der Waals surface area contributed by atoms with Crippen LogP contribution in [0.5, 0.6) is 0 Å². The smallest absolute Gasteiger partial charge is 0.129 e. The summed E-state index contributed by atoms with van der Waals surface area (Å²) in [5.41, 5.74) is 2.37. The highest BCUT2D eigenvalue weighted by Gasteiger charge is 2.25. The van der Waals surface area contributed by atoms with E-state index in [0.29, 0.717) is 5.92 Å². The molecule has 5 rings (SSSR count). The van der Waals surface area contributed by atoms with Crippen LogP contribution in [0.2, 0.25) is 0 Å². The summed E-state index contributed by atoms with van der Waals surface area (Å²) in [5, 5.41) is 1.19. The Bertz CT molecular complexity index is 1070. The monoisotopic (exact) mass is 368 g/mol. The normalized spacial score (nSPS) is 17.1. The van der Waals surface area contributed by atoms with Gasteiger partial charge in [-0.2, -0.15) is 0 Å². The number of piperidine rings is 1. The summed E-state index contributed by atoms with van der Waals surface area (Å²) in [6.07, 6.45) is 6.38. The lowest BCUT2D eigenvalue weighted by molar-refractivity contribution is 0.474. The lowest BCUT2D eigenvalue weighted by Crippen LogP contribution is -2.36. The van der Waals surface area contributed by atoms with E-state index in [0.717, 1.165) is 37.4 Å². The van der Waals surface area contributed by atoms with Crippen LogP contribution in [0, 0.1) is 0 Å². The molecule has 140 valence electrons. The van der Waals surface area contributed by atoms with Crippen LogP contribution in [0.1, 0.15) is 30.1 Å². The van der Waals surface area contributed by atoms with Crippen LogP contribution >= 0.6 is 0 Å². The van der Waals surface area contributed by atoms with Crippen LogP contribution in [0.4, 0.5) is 5.82 Å². The standard InChI is InChI=1S/C24H24N4/c1-2-7-19(8-3-1)17-28-16-14-25-24(28)21-10-6-15-27(18-21)23-13-12-20-9-4-5-11-22(20)26-23/h1-5,7-9,11-14,16,21H,6,10,15,17-18H2/t21-/m1/s1. The van der Waals surface area contributed by atoms with E-state index in [1.807, 2.05) is 6.20 Å². The number of nitrogens with zero attached hydrogens (tertiary/aromatic N) is 4. The van der Waals surface area contributed by atoms with Crippen molar-refractivity contribution in [1.82, 2.24) is 14.5 Å². The fourth-order valence-corrected chi connectivity index (χ4v) is 4.22. The van der Waals surface area contributed by atoms with Gasteiger partial charge in [0.1, 0.15) is 11.6 Å². The molecule has 2 aromatic carbocycles. The minimum absolute atomic E-state index is 0.431. The molecule has 0 bridgehead atoms. The predicted octanol–water partition coefficient (Wildman–Crippen LogP) is 4.86. The van der Waals surface area contributed by atoms with Crippen molar-refractivity contribution in [3.05, 3.63) is 90.5 Å². The first kappa shape index (κ1) is 17.0. The zero-order valence-electron chi connectivity index (χ0n) is 15.9. The molecular formula is C24H24N4. The molecule has 0 N–H and O–H groups in total. The molecule has 1 atom stereocenters. The maximum atomic E-state index is 4.90. The highest BCUT2D eigenvalue weighted by Crippen LogP contribution is 2.29. The minimum atomic E-state index is 0.431. The van der Waals surface area contributed by atoms with Gasteiger partial charge in [-0.1, -0.05) is 48.5 Å². The zero-order chi connectivity index (χ0) is 18.8. The topological polar surface area (TPSA) is 34.0 Å². The summed E-state index contributed by atoms with van der Waals surface area (Å²) in [5.74, 6) is 2.69. The molecule has 0 aliphatic carbocycles. The number of benzene rings is 2. The number of rotatable bonds is 4. The molecule has 2 aromatic heterocycles. The Balaban J connectivity index is 1.38. The van der Waals surface area contributed by atoms with Crippen LogP contribution in [-0.4, -0.2) is 27.6 Å². The van der Waals surface area contributed by atoms with Gasteiger partial charge in [0.2, 0.25) is 0 Å². The van der Waals surface area contributed by atoms with Crippen LogP contribution in [-0.2, 0) is 6.54 Å². The van der Waals surface area contributed by atoms with E-state index >= 15 is 0 Å². The molecule has 0 radical (unpaired) electrons. The van der Waals surface area contributed by atoms with Crippen molar-refractivity contribution in [1.29, 1.82) is 0 Å². The van der Waals surface area contributed by atoms with E-state index in [-0.39, 0.29) is 0 Å². The molecule has 1 saturated heterocycles. The predicted molar refractivity (Wildman–Crippen MR) is 114 cm³/mol. The van der Waals surface area contributed by atoms with Crippen molar-refractivity contribution in [2.24, 2.45) is 0 Å². The molecule has 0 unspecified atom stereocenters. The highest BCUT2D eigenvalue weighted by atomic mass is 15.2. The fourth-order valence-electron chi connectivity index (χ4n) is 4.22. The van der Waals surface area contributed by atoms with Gasteiger partial charge in [0, 0.05) is 43.3 Å². The van der Waals surface area contributed by atoms with E-state index in [2.05, 4.69) is 82.4 Å². The molecule has 3 heterocycles. The third-order valence-electron chi connectivity index (χ3n) is 5.64. The lowest BCUT2D eigenvalue weighted by Gasteiger charge is -2.33. The average Bonchev–Trinajstić information content (AvgIpc) is 3.22. The second-order valence-corrected chi connectivity index (χ2v) is 7.55. The number of anilines is 1. The summed E-state index contributed by atoms with van der Waals surface area (Å²) in [6, 6.07) is 23.3. The average molecular weight is 368 g/mol. The molecule has 0 saturated carbocycles. The second kappa shape index (κ2) is 7.47. The quantitative estimate of drug-likeness (QED) is 0.516. The third kappa shape index (κ3) is 3.38. The molecule has 28 heavy (non-hydrogen) atoms. The highest BCUT2D eigenvalue weighted by molar-refractivity contribution is 5.80. The molecule has 1 fully saturated rings. The Morgan fingerprint density at radius 3 is 2.71 bits per heavy atom. The summed E-state index contributed by atoms with van der Waals surface area (Å²) in [6.45, 7) is 2.90. The third-order valence-corrected chi connectivity index (χ3v) is 5.64. The Labute approximate surface area is 165 Å². The number of pyridine rings is 1. The molecule has 1 aliphatic rings. The van der Waals surface area contributed by atoms with Crippen LogP contribution < -0.4 is 4.90 Å². The number of fused-ring (bicyclic) bond motifs is 1. The first-order valence-electron chi connectivity index (χ1n) is 10.0. The summed E-state index contributed by atoms with van der Waals surface area (Å²) >= 11 is 0. The van der Waals surface area contributed by atoms with E-state index in [9.17, 15) is 0 Å². The molecule has 4 aromatic rings. The summed E-state index contributed by atoms with van der Waals surface area (Å²) in [4.78, 5) is 12.1. The summed E-state index contributed by atoms with van der Waals surface area (Å²) in [7, 11) is 0. The van der Waals surface area contributed by atoms with Crippen LogP contribution in [0.3, 0.4) is 0 Å². The number of para-hydroxylation sites is 1. The minimum Gasteiger partial charge on any atom is -0.356 e. The zero-order valence-corrected chi connectivity index (χ0v) is 15.9. The maximum Gasteiger partial charge on any atom is 0.129 e. The van der Waals surface area contributed by atoms with Crippen molar-refractivity contribution in [2.45, 2.75) is 25.3 Å². The van der Waals surface area contributed by atoms with Gasteiger partial charge in [0.25, 0.3) is 0 Å². The number of imidazole rings is 1. The van der Waals surface area contributed by atoms with E-state index in [4.69, 9.17) is 9.97 Å². The molecule has 0 spiro atoms. The van der Waals surface area contributed by atoms with E-state index in [1.54, 1.807) is 0 Å². The number of hydrogen-bond donors (Lipinski definition) is 0. The van der Waals surface area contributed by atoms with Gasteiger partial charge >= 0.3 is 0 Å². The van der Waals surface area contributed by atoms with Gasteiger partial charge in [0.15, 0.2) is 0 Å². The fraction of sp³-hybridized carbons (Fsp3) is 0.250. The second-order valence-electron chi connectivity index (χ2n) is 7.55. The van der Waals surface area contributed by atoms with Crippen molar-refractivity contribution < 1.29 is 0 Å². The van der Waals surface area contributed by atoms with E-state index in [1.165, 1.54) is 23.2 Å². The van der Waals surface area contributed by atoms with Gasteiger partial charge in [-0.05, 0) is 36.6 Å². The molecule has 0 amide bonds. The van der Waals surface area contributed by atoms with Crippen LogP contribution in [0.25, 0.3) is 10.9 Å². The number of hydrogen-bond acceptors (Lipinski definition) is 3. The van der Waals surface area contributed by atoms with Crippen molar-refractivity contribution in [3.8, 4) is 0 Å². The van der Waals surface area contributed by atoms with Crippen molar-refractivity contribution >= 4 is 16.7 Å². The van der Waals surface area contributed by atoms with Gasteiger partial charge in [0.05, 0.1) is 5.52 Å². The van der Waals surface area contributed by atoms with Crippen molar-refractivity contribution in [2.75, 3.05) is 18.0 Å². The maximum absolute atomic E-state index is 4.90. The van der Waals surface area contributed by atoms with Gasteiger partial charge < -0.3 is 9.47 Å². The number of aromatic nitrogens is 3. The first-order valence-corrected chi connectivity index (χ1v) is 10.0. The SMILES string of the molecule is c1ccc(Cn2ccnc2[C@@H]2CCCN(c3ccc4ccccc4n3)C2)cc1. The van der Waals surface area contributed by atoms with Gasteiger partial charge in [-0.3, -0.25) is 0 Å². The Hall–Kier alpha value is -3.14. The largest absolute Gasteiger partial charge is 0.356 e. The van der Waals surface area contributed by atoms with E-state index < -0.39 is 0 Å². The Morgan fingerprint density at radius 2 is 1.79 bits per heavy atom. The Morgan fingerprint density at radius 1 is 0.929 bits per heavy atom. The van der Waals surface area contributed by atoms with Crippen LogP contribution in [0.15, 0.2) is 79.1 Å². The van der Waals surface area contributed by atoms with Gasteiger partial charge in [-0.25, -0.2) is 9.97 Å². The summed E-state index contributed by atoms with van der Waals surface area (Å²) < 4.78 is 2.30. The Kier molecular flexibility index (Phi) is 4.53. The molecule has 4 heteroatoms. The lowest BCUT2D eigenvalue weighted by atomic mass is 9.97. The molecule has 1 aliphatic heterocycles. The molecule has 4 nitrogen and oxygen atoms in total. The van der Waals surface area contributed by atoms with Gasteiger partial charge in [-0.15, -0.1) is 0 Å². The van der Waals surface area contributed by atoms with Crippen molar-refractivity contribution in [3.63, 3.8) is 0 Å².